The number of quaternary nitrogens is 1. The van der Waals surface area contributed by atoms with Crippen molar-refractivity contribution in [2.75, 3.05) is 18.5 Å². The number of ether oxygens (including phenoxy) is 1. The van der Waals surface area contributed by atoms with E-state index >= 15 is 0 Å². The Morgan fingerprint density at radius 1 is 1.23 bits per heavy atom. The van der Waals surface area contributed by atoms with Crippen LogP contribution >= 0.6 is 11.3 Å². The van der Waals surface area contributed by atoms with E-state index in [1.165, 1.54) is 11.3 Å². The van der Waals surface area contributed by atoms with Crippen LogP contribution in [0.4, 0.5) is 5.00 Å². The van der Waals surface area contributed by atoms with Gasteiger partial charge in [0.2, 0.25) is 0 Å². The van der Waals surface area contributed by atoms with Gasteiger partial charge in [-0.1, -0.05) is 36.8 Å². The third-order valence-electron chi connectivity index (χ3n) is 4.24. The summed E-state index contributed by atoms with van der Waals surface area (Å²) >= 11 is 1.35. The molecule has 140 valence electrons. The summed E-state index contributed by atoms with van der Waals surface area (Å²) in [5.74, 6) is -0.529. The number of carbonyl (C=O) groups excluding carboxylic acids is 2. The predicted octanol–water partition coefficient (Wildman–Crippen LogP) is 3.20. The molecule has 0 radical (unpaired) electrons. The molecule has 0 aliphatic carbocycles. The zero-order chi connectivity index (χ0) is 19.1. The molecule has 0 saturated heterocycles. The molecule has 2 aromatic rings. The highest BCUT2D eigenvalue weighted by Crippen LogP contribution is 2.36. The predicted molar refractivity (Wildman–Crippen MR) is 106 cm³/mol. The second-order valence-corrected chi connectivity index (χ2v) is 7.19. The second-order valence-electron chi connectivity index (χ2n) is 6.31. The average Bonchev–Trinajstić information content (AvgIpc) is 3.04. The molecule has 5 nitrogen and oxygen atoms in total. The van der Waals surface area contributed by atoms with Gasteiger partial charge in [-0.3, -0.25) is 4.79 Å². The first kappa shape index (κ1) is 20.1. The lowest BCUT2D eigenvalue weighted by atomic mass is 10.0. The SMILES string of the molecule is CCOC(=O)c1c(-c2ccc(C)cc2)csc1NC(=O)C[NH2+][C@@H](C)CC. The molecule has 1 heterocycles. The van der Waals surface area contributed by atoms with Crippen molar-refractivity contribution in [1.82, 2.24) is 0 Å². The van der Waals surface area contributed by atoms with Crippen LogP contribution in [0, 0.1) is 6.92 Å². The average molecular weight is 376 g/mol. The van der Waals surface area contributed by atoms with E-state index in [4.69, 9.17) is 4.74 Å². The van der Waals surface area contributed by atoms with E-state index in [0.29, 0.717) is 23.2 Å². The Bertz CT molecular complexity index is 753. The van der Waals surface area contributed by atoms with Crippen LogP contribution in [0.2, 0.25) is 0 Å². The number of hydrogen-bond donors (Lipinski definition) is 2. The molecular weight excluding hydrogens is 348 g/mol. The Morgan fingerprint density at radius 2 is 1.92 bits per heavy atom. The summed E-state index contributed by atoms with van der Waals surface area (Å²) < 4.78 is 5.22. The number of rotatable bonds is 8. The largest absolute Gasteiger partial charge is 0.462 e. The summed E-state index contributed by atoms with van der Waals surface area (Å²) in [6.07, 6.45) is 0.998. The van der Waals surface area contributed by atoms with Crippen LogP contribution < -0.4 is 10.6 Å². The number of nitrogens with two attached hydrogens (primary N) is 1. The maximum atomic E-state index is 12.5. The third-order valence-corrected chi connectivity index (χ3v) is 5.13. The highest BCUT2D eigenvalue weighted by Gasteiger charge is 2.23. The van der Waals surface area contributed by atoms with Crippen LogP contribution in [-0.4, -0.2) is 31.1 Å². The molecule has 1 amide bonds. The van der Waals surface area contributed by atoms with Gasteiger partial charge in [0.05, 0.1) is 12.6 Å². The van der Waals surface area contributed by atoms with Crippen molar-refractivity contribution in [1.29, 1.82) is 0 Å². The highest BCUT2D eigenvalue weighted by molar-refractivity contribution is 7.15. The Kier molecular flexibility index (Phi) is 7.36. The number of nitrogens with one attached hydrogen (secondary N) is 1. The smallest absolute Gasteiger partial charge is 0.341 e. The summed E-state index contributed by atoms with van der Waals surface area (Å²) in [5.41, 5.74) is 3.30. The number of amides is 1. The van der Waals surface area contributed by atoms with Gasteiger partial charge in [-0.15, -0.1) is 11.3 Å². The van der Waals surface area contributed by atoms with E-state index in [0.717, 1.165) is 23.1 Å². The van der Waals surface area contributed by atoms with Gasteiger partial charge < -0.3 is 15.4 Å². The molecule has 0 fully saturated rings. The van der Waals surface area contributed by atoms with Crippen molar-refractivity contribution in [2.24, 2.45) is 0 Å². The van der Waals surface area contributed by atoms with Gasteiger partial charge >= 0.3 is 5.97 Å². The van der Waals surface area contributed by atoms with Crippen molar-refractivity contribution < 1.29 is 19.6 Å². The van der Waals surface area contributed by atoms with E-state index in [2.05, 4.69) is 19.2 Å². The minimum Gasteiger partial charge on any atom is -0.462 e. The van der Waals surface area contributed by atoms with Crippen LogP contribution in [0.1, 0.15) is 43.1 Å². The first-order chi connectivity index (χ1) is 12.5. The Labute approximate surface area is 158 Å². The van der Waals surface area contributed by atoms with Crippen molar-refractivity contribution in [3.05, 3.63) is 40.8 Å². The maximum absolute atomic E-state index is 12.5. The summed E-state index contributed by atoms with van der Waals surface area (Å²) in [7, 11) is 0. The Balaban J connectivity index is 2.27. The van der Waals surface area contributed by atoms with Crippen molar-refractivity contribution in [2.45, 2.75) is 40.2 Å². The van der Waals surface area contributed by atoms with Crippen molar-refractivity contribution >= 4 is 28.2 Å². The second kappa shape index (κ2) is 9.50. The Morgan fingerprint density at radius 3 is 2.54 bits per heavy atom. The first-order valence-corrected chi connectivity index (χ1v) is 9.83. The Hall–Kier alpha value is -2.18. The fourth-order valence-electron chi connectivity index (χ4n) is 2.45. The molecular formula is C20H27N2O3S+. The first-order valence-electron chi connectivity index (χ1n) is 8.95. The lowest BCUT2D eigenvalue weighted by Crippen LogP contribution is -2.90. The van der Waals surface area contributed by atoms with Crippen LogP contribution in [0.5, 0.6) is 0 Å². The standard InChI is InChI=1S/C20H26N2O3S/c1-5-14(4)21-11-17(23)22-19-18(20(24)25-6-2)16(12-26-19)15-9-7-13(3)8-10-15/h7-10,12,14,21H,5-6,11H2,1-4H3,(H,22,23)/p+1/t14-/m0/s1. The maximum Gasteiger partial charge on any atom is 0.341 e. The zero-order valence-corrected chi connectivity index (χ0v) is 16.6. The lowest BCUT2D eigenvalue weighted by Gasteiger charge is -2.10. The van der Waals surface area contributed by atoms with E-state index in [9.17, 15) is 9.59 Å². The summed E-state index contributed by atoms with van der Waals surface area (Å²) in [6.45, 7) is 8.58. The molecule has 0 unspecified atom stereocenters. The summed E-state index contributed by atoms with van der Waals surface area (Å²) in [4.78, 5) is 24.8. The number of hydrogen-bond acceptors (Lipinski definition) is 4. The van der Waals surface area contributed by atoms with Crippen LogP contribution in [0.3, 0.4) is 0 Å². The monoisotopic (exact) mass is 375 g/mol. The quantitative estimate of drug-likeness (QED) is 0.696. The molecule has 1 atom stereocenters. The van der Waals surface area contributed by atoms with Gasteiger partial charge in [-0.25, -0.2) is 4.79 Å². The minimum atomic E-state index is -0.412. The molecule has 0 aliphatic rings. The van der Waals surface area contributed by atoms with Gasteiger partial charge in [0.25, 0.3) is 5.91 Å². The fraction of sp³-hybridized carbons (Fsp3) is 0.400. The van der Waals surface area contributed by atoms with Gasteiger partial charge in [0, 0.05) is 10.9 Å². The lowest BCUT2D eigenvalue weighted by molar-refractivity contribution is -0.675. The van der Waals surface area contributed by atoms with Crippen LogP contribution in [0.25, 0.3) is 11.1 Å². The van der Waals surface area contributed by atoms with Crippen molar-refractivity contribution in [3.8, 4) is 11.1 Å². The third kappa shape index (κ3) is 5.16. The van der Waals surface area contributed by atoms with Crippen LogP contribution in [-0.2, 0) is 9.53 Å². The van der Waals surface area contributed by atoms with Gasteiger partial charge in [-0.05, 0) is 32.8 Å². The topological polar surface area (TPSA) is 72.0 Å². The normalized spacial score (nSPS) is 11.8. The van der Waals surface area contributed by atoms with E-state index in [-0.39, 0.29) is 12.5 Å². The van der Waals surface area contributed by atoms with Gasteiger partial charge in [0.15, 0.2) is 6.54 Å². The molecule has 0 saturated carbocycles. The summed E-state index contributed by atoms with van der Waals surface area (Å²) in [6, 6.07) is 8.34. The highest BCUT2D eigenvalue weighted by atomic mass is 32.1. The van der Waals surface area contributed by atoms with Crippen molar-refractivity contribution in [3.63, 3.8) is 0 Å². The van der Waals surface area contributed by atoms with E-state index in [1.807, 2.05) is 41.9 Å². The number of aryl methyl sites for hydroxylation is 1. The number of esters is 1. The molecule has 3 N–H and O–H groups in total. The molecule has 1 aromatic carbocycles. The molecule has 0 spiro atoms. The molecule has 1 aromatic heterocycles. The summed E-state index contributed by atoms with van der Waals surface area (Å²) in [5, 5.41) is 7.31. The number of benzene rings is 1. The number of anilines is 1. The molecule has 2 rings (SSSR count). The minimum absolute atomic E-state index is 0.117. The van der Waals surface area contributed by atoms with Gasteiger partial charge in [0.1, 0.15) is 10.6 Å². The zero-order valence-electron chi connectivity index (χ0n) is 15.8. The molecule has 0 bridgehead atoms. The van der Waals surface area contributed by atoms with Crippen LogP contribution in [0.15, 0.2) is 29.6 Å². The van der Waals surface area contributed by atoms with E-state index in [1.54, 1.807) is 6.92 Å². The number of carbonyl (C=O) groups is 2. The molecule has 0 aliphatic heterocycles. The number of thiophene rings is 1. The van der Waals surface area contributed by atoms with Gasteiger partial charge in [-0.2, -0.15) is 0 Å². The molecule has 6 heteroatoms. The molecule has 26 heavy (non-hydrogen) atoms. The fourth-order valence-corrected chi connectivity index (χ4v) is 3.43. The van der Waals surface area contributed by atoms with E-state index < -0.39 is 5.97 Å².